The monoisotopic (exact) mass is 326 g/mol. The minimum Gasteiger partial charge on any atom is -0.353 e. The molecule has 0 aliphatic rings. The third-order valence-corrected chi connectivity index (χ3v) is 3.10. The average molecular weight is 327 g/mol. The van der Waals surface area contributed by atoms with E-state index in [1.165, 1.54) is 11.9 Å². The lowest BCUT2D eigenvalue weighted by Crippen LogP contribution is -2.38. The summed E-state index contributed by atoms with van der Waals surface area (Å²) in [5, 5.41) is 5.98. The number of hydrogen-bond donors (Lipinski definition) is 1. The number of nitrogens with zero attached hydrogens (tertiary/aromatic N) is 3. The van der Waals surface area contributed by atoms with Gasteiger partial charge in [0.05, 0.1) is 6.54 Å². The Balaban J connectivity index is 2.85. The van der Waals surface area contributed by atoms with Crippen molar-refractivity contribution in [3.63, 3.8) is 0 Å². The molecule has 0 saturated carbocycles. The second kappa shape index (κ2) is 6.65. The first-order chi connectivity index (χ1) is 9.52. The zero-order chi connectivity index (χ0) is 16.4. The summed E-state index contributed by atoms with van der Waals surface area (Å²) in [5.74, 6) is -0.263. The molecule has 120 valence electrons. The van der Waals surface area contributed by atoms with Crippen molar-refractivity contribution in [2.75, 3.05) is 13.6 Å². The van der Waals surface area contributed by atoms with Crippen LogP contribution in [0.4, 0.5) is 13.2 Å². The SMILES string of the molecule is CC(C)NC(=O)CN(C)Cc1c(C(F)(F)F)nn(C)c1Cl. The third kappa shape index (κ3) is 4.89. The Kier molecular flexibility index (Phi) is 5.63. The van der Waals surface area contributed by atoms with Crippen molar-refractivity contribution in [3.8, 4) is 0 Å². The van der Waals surface area contributed by atoms with Gasteiger partial charge in [-0.1, -0.05) is 11.6 Å². The van der Waals surface area contributed by atoms with Crippen molar-refractivity contribution in [2.45, 2.75) is 32.6 Å². The minimum absolute atomic E-state index is 0.0271. The van der Waals surface area contributed by atoms with Gasteiger partial charge in [0, 0.05) is 25.2 Å². The first-order valence-electron chi connectivity index (χ1n) is 6.28. The largest absolute Gasteiger partial charge is 0.435 e. The van der Waals surface area contributed by atoms with Gasteiger partial charge in [0.1, 0.15) is 5.15 Å². The number of hydrogen-bond acceptors (Lipinski definition) is 3. The van der Waals surface area contributed by atoms with E-state index in [9.17, 15) is 18.0 Å². The highest BCUT2D eigenvalue weighted by molar-refractivity contribution is 6.30. The molecule has 1 N–H and O–H groups in total. The highest BCUT2D eigenvalue weighted by atomic mass is 35.5. The molecule has 0 fully saturated rings. The Hall–Kier alpha value is -1.28. The molecule has 0 bridgehead atoms. The summed E-state index contributed by atoms with van der Waals surface area (Å²) in [4.78, 5) is 13.1. The van der Waals surface area contributed by atoms with E-state index in [0.717, 1.165) is 4.68 Å². The fourth-order valence-electron chi connectivity index (χ4n) is 1.85. The molecule has 1 amide bonds. The Morgan fingerprint density at radius 2 is 2.05 bits per heavy atom. The molecule has 1 heterocycles. The van der Waals surface area contributed by atoms with Gasteiger partial charge in [0.25, 0.3) is 0 Å². The van der Waals surface area contributed by atoms with Crippen molar-refractivity contribution < 1.29 is 18.0 Å². The fourth-order valence-corrected chi connectivity index (χ4v) is 2.04. The Morgan fingerprint density at radius 3 is 2.52 bits per heavy atom. The van der Waals surface area contributed by atoms with Crippen molar-refractivity contribution in [1.82, 2.24) is 20.0 Å². The molecule has 1 aromatic rings. The van der Waals surface area contributed by atoms with Crippen LogP contribution in [0.2, 0.25) is 5.15 Å². The van der Waals surface area contributed by atoms with E-state index < -0.39 is 11.9 Å². The van der Waals surface area contributed by atoms with Crippen LogP contribution in [-0.4, -0.2) is 40.2 Å². The smallest absolute Gasteiger partial charge is 0.353 e. The normalized spacial score (nSPS) is 12.3. The number of carbonyl (C=O) groups is 1. The number of carbonyl (C=O) groups excluding carboxylic acids is 1. The number of halogens is 4. The van der Waals surface area contributed by atoms with Crippen molar-refractivity contribution in [3.05, 3.63) is 16.4 Å². The van der Waals surface area contributed by atoms with E-state index in [-0.39, 0.29) is 35.8 Å². The van der Waals surface area contributed by atoms with Crippen LogP contribution in [0.15, 0.2) is 0 Å². The molecule has 0 unspecified atom stereocenters. The Labute approximate surface area is 126 Å². The van der Waals surface area contributed by atoms with Gasteiger partial charge in [-0.25, -0.2) is 0 Å². The topological polar surface area (TPSA) is 50.2 Å². The molecule has 0 saturated heterocycles. The van der Waals surface area contributed by atoms with Gasteiger partial charge < -0.3 is 5.32 Å². The number of aryl methyl sites for hydroxylation is 1. The molecular weight excluding hydrogens is 309 g/mol. The molecule has 21 heavy (non-hydrogen) atoms. The van der Waals surface area contributed by atoms with Crippen LogP contribution in [0.3, 0.4) is 0 Å². The lowest BCUT2D eigenvalue weighted by atomic mass is 10.2. The van der Waals surface area contributed by atoms with Gasteiger partial charge in [-0.3, -0.25) is 14.4 Å². The molecule has 0 spiro atoms. The van der Waals surface area contributed by atoms with Gasteiger partial charge in [0.2, 0.25) is 5.91 Å². The number of alkyl halides is 3. The molecule has 5 nitrogen and oxygen atoms in total. The molecule has 0 aliphatic heterocycles. The summed E-state index contributed by atoms with van der Waals surface area (Å²) >= 11 is 5.86. The summed E-state index contributed by atoms with van der Waals surface area (Å²) in [5.41, 5.74) is -1.15. The molecule has 0 aliphatic carbocycles. The molecule has 0 aromatic carbocycles. The average Bonchev–Trinajstić information content (AvgIpc) is 2.55. The predicted octanol–water partition coefficient (Wildman–Crippen LogP) is 2.05. The number of rotatable bonds is 5. The van der Waals surface area contributed by atoms with Crippen LogP contribution in [0.25, 0.3) is 0 Å². The summed E-state index contributed by atoms with van der Waals surface area (Å²) < 4.78 is 39.7. The third-order valence-electron chi connectivity index (χ3n) is 2.63. The molecular formula is C12H18ClF3N4O. The second-order valence-electron chi connectivity index (χ2n) is 5.13. The van der Waals surface area contributed by atoms with Crippen LogP contribution in [0.1, 0.15) is 25.1 Å². The van der Waals surface area contributed by atoms with Gasteiger partial charge >= 0.3 is 6.18 Å². The van der Waals surface area contributed by atoms with Gasteiger partial charge in [-0.15, -0.1) is 0 Å². The maximum Gasteiger partial charge on any atom is 0.435 e. The lowest BCUT2D eigenvalue weighted by Gasteiger charge is -2.18. The Bertz CT molecular complexity index is 513. The standard InChI is InChI=1S/C12H18ClF3N4O/c1-7(2)17-9(21)6-19(3)5-8-10(12(14,15)16)18-20(4)11(8)13/h7H,5-6H2,1-4H3,(H,17,21). The highest BCUT2D eigenvalue weighted by Gasteiger charge is 2.38. The first kappa shape index (κ1) is 17.8. The Morgan fingerprint density at radius 1 is 1.48 bits per heavy atom. The minimum atomic E-state index is -4.58. The number of amides is 1. The van der Waals surface area contributed by atoms with Crippen LogP contribution in [0, 0.1) is 0 Å². The van der Waals surface area contributed by atoms with Crippen LogP contribution in [0.5, 0.6) is 0 Å². The quantitative estimate of drug-likeness (QED) is 0.901. The van der Waals surface area contributed by atoms with E-state index in [4.69, 9.17) is 11.6 Å². The number of nitrogens with one attached hydrogen (secondary N) is 1. The highest BCUT2D eigenvalue weighted by Crippen LogP contribution is 2.34. The van der Waals surface area contributed by atoms with Crippen LogP contribution < -0.4 is 5.32 Å². The zero-order valence-corrected chi connectivity index (χ0v) is 13.0. The predicted molar refractivity (Wildman–Crippen MR) is 72.8 cm³/mol. The molecule has 0 atom stereocenters. The van der Waals surface area contributed by atoms with Gasteiger partial charge in [0.15, 0.2) is 5.69 Å². The summed E-state index contributed by atoms with van der Waals surface area (Å²) in [7, 11) is 2.88. The van der Waals surface area contributed by atoms with Crippen molar-refractivity contribution >= 4 is 17.5 Å². The van der Waals surface area contributed by atoms with E-state index in [1.807, 2.05) is 0 Å². The molecule has 0 radical (unpaired) electrons. The summed E-state index contributed by atoms with van der Waals surface area (Å²) in [6.45, 7) is 3.46. The summed E-state index contributed by atoms with van der Waals surface area (Å²) in [6.07, 6.45) is -4.58. The summed E-state index contributed by atoms with van der Waals surface area (Å²) in [6, 6.07) is -0.0291. The molecule has 1 aromatic heterocycles. The van der Waals surface area contributed by atoms with Gasteiger partial charge in [-0.05, 0) is 20.9 Å². The van der Waals surface area contributed by atoms with Crippen molar-refractivity contribution in [2.24, 2.45) is 7.05 Å². The van der Waals surface area contributed by atoms with E-state index in [2.05, 4.69) is 10.4 Å². The maximum atomic E-state index is 12.9. The second-order valence-corrected chi connectivity index (χ2v) is 5.49. The number of aromatic nitrogens is 2. The zero-order valence-electron chi connectivity index (χ0n) is 12.3. The van der Waals surface area contributed by atoms with Gasteiger partial charge in [-0.2, -0.15) is 18.3 Å². The molecule has 9 heteroatoms. The first-order valence-corrected chi connectivity index (χ1v) is 6.66. The van der Waals surface area contributed by atoms with Crippen LogP contribution >= 0.6 is 11.6 Å². The fraction of sp³-hybridized carbons (Fsp3) is 0.667. The van der Waals surface area contributed by atoms with Crippen molar-refractivity contribution in [1.29, 1.82) is 0 Å². The lowest BCUT2D eigenvalue weighted by molar-refractivity contribution is -0.142. The number of likely N-dealkylation sites (N-methyl/N-ethyl adjacent to an activating group) is 1. The van der Waals surface area contributed by atoms with E-state index >= 15 is 0 Å². The van der Waals surface area contributed by atoms with Crippen LogP contribution in [-0.2, 0) is 24.6 Å². The van der Waals surface area contributed by atoms with E-state index in [1.54, 1.807) is 20.9 Å². The van der Waals surface area contributed by atoms with E-state index in [0.29, 0.717) is 0 Å². The maximum absolute atomic E-state index is 12.9. The molecule has 1 rings (SSSR count).